The van der Waals surface area contributed by atoms with Gasteiger partial charge in [0.05, 0.1) is 14.7 Å². The Morgan fingerprint density at radius 1 is 1.53 bits per heavy atom. The minimum absolute atomic E-state index is 0.435. The maximum atomic E-state index is 10.2. The number of hydrogen-bond acceptors (Lipinski definition) is 3. The van der Waals surface area contributed by atoms with Crippen LogP contribution < -0.4 is 0 Å². The fourth-order valence-electron chi connectivity index (χ4n) is 1.75. The molecule has 0 saturated heterocycles. The topological polar surface area (TPSA) is 38.0 Å². The van der Waals surface area contributed by atoms with E-state index in [0.29, 0.717) is 6.42 Å². The minimum atomic E-state index is -0.435. The molecule has 0 saturated carbocycles. The van der Waals surface area contributed by atoms with E-state index < -0.39 is 6.10 Å². The van der Waals surface area contributed by atoms with Crippen LogP contribution in [0.4, 0.5) is 0 Å². The van der Waals surface area contributed by atoms with Crippen LogP contribution in [0.5, 0.6) is 0 Å². The van der Waals surface area contributed by atoms with Gasteiger partial charge in [0.1, 0.15) is 0 Å². The van der Waals surface area contributed by atoms with Crippen molar-refractivity contribution in [2.24, 2.45) is 7.05 Å². The summed E-state index contributed by atoms with van der Waals surface area (Å²) in [6.45, 7) is 2.09. The molecular weight excluding hydrogens is 347 g/mol. The molecule has 0 aromatic carbocycles. The number of aryl methyl sites for hydroxylation is 2. The predicted molar refractivity (Wildman–Crippen MR) is 78.3 cm³/mol. The average molecular weight is 362 g/mol. The normalized spacial score (nSPS) is 12.9. The molecule has 0 bridgehead atoms. The van der Waals surface area contributed by atoms with Crippen LogP contribution in [0.3, 0.4) is 0 Å². The van der Waals surface area contributed by atoms with Crippen LogP contribution >= 0.6 is 33.9 Å². The van der Waals surface area contributed by atoms with E-state index in [1.165, 1.54) is 2.88 Å². The van der Waals surface area contributed by atoms with Gasteiger partial charge in [-0.1, -0.05) is 6.92 Å². The lowest BCUT2D eigenvalue weighted by Crippen LogP contribution is -2.05. The van der Waals surface area contributed by atoms with E-state index in [4.69, 9.17) is 0 Å². The van der Waals surface area contributed by atoms with Crippen LogP contribution in [0, 0.1) is 2.88 Å². The van der Waals surface area contributed by atoms with E-state index in [9.17, 15) is 5.11 Å². The second-order valence-electron chi connectivity index (χ2n) is 4.01. The van der Waals surface area contributed by atoms with Crippen molar-refractivity contribution >= 4 is 33.9 Å². The third kappa shape index (κ3) is 3.08. The number of thiophene rings is 1. The van der Waals surface area contributed by atoms with E-state index in [-0.39, 0.29) is 0 Å². The van der Waals surface area contributed by atoms with Gasteiger partial charge < -0.3 is 5.11 Å². The van der Waals surface area contributed by atoms with Crippen molar-refractivity contribution in [3.63, 3.8) is 0 Å². The summed E-state index contributed by atoms with van der Waals surface area (Å²) < 4.78 is 3.07. The van der Waals surface area contributed by atoms with Gasteiger partial charge in [0.2, 0.25) is 0 Å². The van der Waals surface area contributed by atoms with E-state index >= 15 is 0 Å². The summed E-state index contributed by atoms with van der Waals surface area (Å²) in [6, 6.07) is 4.10. The summed E-state index contributed by atoms with van der Waals surface area (Å²) in [7, 11) is 1.93. The lowest BCUT2D eigenvalue weighted by atomic mass is 10.1. The summed E-state index contributed by atoms with van der Waals surface area (Å²) in [5.41, 5.74) is 3.16. The Morgan fingerprint density at radius 2 is 2.29 bits per heavy atom. The molecule has 0 aliphatic heterocycles. The van der Waals surface area contributed by atoms with Crippen molar-refractivity contribution in [3.8, 4) is 0 Å². The molecule has 0 aliphatic carbocycles. The number of nitrogens with zero attached hydrogens (tertiary/aromatic N) is 2. The Morgan fingerprint density at radius 3 is 2.82 bits per heavy atom. The monoisotopic (exact) mass is 362 g/mol. The first-order chi connectivity index (χ1) is 8.10. The molecule has 3 nitrogen and oxygen atoms in total. The molecule has 5 heteroatoms. The van der Waals surface area contributed by atoms with E-state index in [1.807, 2.05) is 23.2 Å². The standard InChI is InChI=1S/C12H15IN2OS/c1-3-9-5-10(15(2)14-9)6-11(16)8-4-12(13)17-7-8/h4-5,7,11,16H,3,6H2,1-2H3. The smallest absolute Gasteiger partial charge is 0.0853 e. The highest BCUT2D eigenvalue weighted by Gasteiger charge is 2.13. The zero-order valence-electron chi connectivity index (χ0n) is 9.85. The number of aliphatic hydroxyl groups excluding tert-OH is 1. The van der Waals surface area contributed by atoms with Gasteiger partial charge in [-0.25, -0.2) is 0 Å². The lowest BCUT2D eigenvalue weighted by molar-refractivity contribution is 0.176. The molecule has 0 amide bonds. The molecule has 0 radical (unpaired) electrons. The quantitative estimate of drug-likeness (QED) is 0.850. The molecule has 2 aromatic heterocycles. The van der Waals surface area contributed by atoms with Crippen LogP contribution in [-0.2, 0) is 19.9 Å². The van der Waals surface area contributed by atoms with Crippen molar-refractivity contribution in [2.45, 2.75) is 25.9 Å². The summed E-state index contributed by atoms with van der Waals surface area (Å²) in [4.78, 5) is 0. The van der Waals surface area contributed by atoms with Gasteiger partial charge in [-0.2, -0.15) is 5.10 Å². The van der Waals surface area contributed by atoms with Gasteiger partial charge in [0.15, 0.2) is 0 Å². The van der Waals surface area contributed by atoms with Gasteiger partial charge in [-0.3, -0.25) is 4.68 Å². The summed E-state index contributed by atoms with van der Waals surface area (Å²) >= 11 is 3.93. The first-order valence-corrected chi connectivity index (χ1v) is 7.49. The third-order valence-corrected chi connectivity index (χ3v) is 4.57. The van der Waals surface area contributed by atoms with Crippen molar-refractivity contribution in [3.05, 3.63) is 37.3 Å². The third-order valence-electron chi connectivity index (χ3n) is 2.76. The zero-order valence-corrected chi connectivity index (χ0v) is 12.8. The van der Waals surface area contributed by atoms with Gasteiger partial charge in [-0.05, 0) is 52.1 Å². The van der Waals surface area contributed by atoms with Gasteiger partial charge in [0, 0.05) is 19.2 Å². The Labute approximate surface area is 119 Å². The second-order valence-corrected chi connectivity index (χ2v) is 6.81. The Kier molecular flexibility index (Phi) is 4.22. The Bertz CT molecular complexity index is 506. The van der Waals surface area contributed by atoms with Crippen LogP contribution in [-0.4, -0.2) is 14.9 Å². The number of hydrogen-bond donors (Lipinski definition) is 1. The lowest BCUT2D eigenvalue weighted by Gasteiger charge is -2.08. The fraction of sp³-hybridized carbons (Fsp3) is 0.417. The molecule has 2 aromatic rings. The largest absolute Gasteiger partial charge is 0.388 e. The van der Waals surface area contributed by atoms with Crippen LogP contribution in [0.1, 0.15) is 30.0 Å². The summed E-state index contributed by atoms with van der Waals surface area (Å²) in [6.07, 6.45) is 1.12. The van der Waals surface area contributed by atoms with E-state index in [2.05, 4.69) is 40.7 Å². The van der Waals surface area contributed by atoms with Gasteiger partial charge >= 0.3 is 0 Å². The predicted octanol–water partition coefficient (Wildman–Crippen LogP) is 2.92. The molecule has 0 aliphatic rings. The van der Waals surface area contributed by atoms with Crippen molar-refractivity contribution in [1.29, 1.82) is 0 Å². The SMILES string of the molecule is CCc1cc(CC(O)c2csc(I)c2)n(C)n1. The number of halogens is 1. The summed E-state index contributed by atoms with van der Waals surface area (Å²) in [5.74, 6) is 0. The average Bonchev–Trinajstić information content (AvgIpc) is 2.86. The molecule has 1 N–H and O–H groups in total. The molecule has 0 fully saturated rings. The molecule has 1 unspecified atom stereocenters. The number of aromatic nitrogens is 2. The van der Waals surface area contributed by atoms with E-state index in [0.717, 1.165) is 23.4 Å². The van der Waals surface area contributed by atoms with Crippen LogP contribution in [0.25, 0.3) is 0 Å². The first kappa shape index (κ1) is 13.0. The van der Waals surface area contributed by atoms with Crippen LogP contribution in [0.15, 0.2) is 17.5 Å². The highest BCUT2D eigenvalue weighted by atomic mass is 127. The molecular formula is C12H15IN2OS. The molecule has 17 heavy (non-hydrogen) atoms. The minimum Gasteiger partial charge on any atom is -0.388 e. The Hall–Kier alpha value is -0.400. The number of aliphatic hydroxyl groups is 1. The molecule has 92 valence electrons. The van der Waals surface area contributed by atoms with E-state index in [1.54, 1.807) is 11.3 Å². The molecule has 1 atom stereocenters. The van der Waals surface area contributed by atoms with Crippen molar-refractivity contribution in [2.75, 3.05) is 0 Å². The van der Waals surface area contributed by atoms with Crippen LogP contribution in [0.2, 0.25) is 0 Å². The Balaban J connectivity index is 2.12. The van der Waals surface area contributed by atoms with Crippen molar-refractivity contribution in [1.82, 2.24) is 9.78 Å². The molecule has 2 heterocycles. The first-order valence-electron chi connectivity index (χ1n) is 5.54. The maximum Gasteiger partial charge on any atom is 0.0853 e. The van der Waals surface area contributed by atoms with Gasteiger partial charge in [-0.15, -0.1) is 11.3 Å². The molecule has 0 spiro atoms. The highest BCUT2D eigenvalue weighted by molar-refractivity contribution is 14.1. The fourth-order valence-corrected chi connectivity index (χ4v) is 3.17. The molecule has 2 rings (SSSR count). The second kappa shape index (κ2) is 5.49. The number of rotatable bonds is 4. The highest BCUT2D eigenvalue weighted by Crippen LogP contribution is 2.25. The summed E-state index contributed by atoms with van der Waals surface area (Å²) in [5, 5.41) is 16.6. The van der Waals surface area contributed by atoms with Crippen molar-refractivity contribution < 1.29 is 5.11 Å². The zero-order chi connectivity index (χ0) is 12.4. The van der Waals surface area contributed by atoms with Gasteiger partial charge in [0.25, 0.3) is 0 Å². The maximum absolute atomic E-state index is 10.2.